The molecule has 0 radical (unpaired) electrons. The number of rotatable bonds is 4. The highest BCUT2D eigenvalue weighted by atomic mass is 16.6. The maximum atomic E-state index is 11.9. The van der Waals surface area contributed by atoms with Gasteiger partial charge in [-0.15, -0.1) is 0 Å². The molecular weight excluding hydrogens is 336 g/mol. The number of amides is 1. The first kappa shape index (κ1) is 21.6. The van der Waals surface area contributed by atoms with E-state index in [2.05, 4.69) is 56.5 Å². The van der Waals surface area contributed by atoms with E-state index in [1.807, 2.05) is 20.8 Å². The average molecular weight is 375 g/mol. The van der Waals surface area contributed by atoms with Crippen LogP contribution in [0.25, 0.3) is 0 Å². The normalized spacial score (nSPS) is 20.9. The van der Waals surface area contributed by atoms with E-state index in [9.17, 15) is 4.79 Å². The maximum Gasteiger partial charge on any atom is 0.407 e. The van der Waals surface area contributed by atoms with Crippen molar-refractivity contribution < 1.29 is 9.53 Å². The van der Waals surface area contributed by atoms with Crippen molar-refractivity contribution in [2.75, 3.05) is 5.32 Å². The smallest absolute Gasteiger partial charge is 0.407 e. The number of anilines is 1. The fourth-order valence-electron chi connectivity index (χ4n) is 3.80. The van der Waals surface area contributed by atoms with Gasteiger partial charge in [0.2, 0.25) is 0 Å². The highest BCUT2D eigenvalue weighted by Gasteiger charge is 2.25. The van der Waals surface area contributed by atoms with Gasteiger partial charge in [0.1, 0.15) is 5.60 Å². The van der Waals surface area contributed by atoms with Gasteiger partial charge in [0.15, 0.2) is 0 Å². The highest BCUT2D eigenvalue weighted by molar-refractivity contribution is 5.68. The molecule has 0 spiro atoms. The number of hydrogen-bond acceptors (Lipinski definition) is 3. The molecular formula is C23H38N2O2. The first-order chi connectivity index (χ1) is 12.5. The molecule has 0 bridgehead atoms. The van der Waals surface area contributed by atoms with E-state index in [4.69, 9.17) is 4.74 Å². The minimum absolute atomic E-state index is 0.176. The molecule has 27 heavy (non-hydrogen) atoms. The van der Waals surface area contributed by atoms with E-state index >= 15 is 0 Å². The van der Waals surface area contributed by atoms with Gasteiger partial charge in [0.25, 0.3) is 0 Å². The van der Waals surface area contributed by atoms with Crippen molar-refractivity contribution in [3.8, 4) is 0 Å². The highest BCUT2D eigenvalue weighted by Crippen LogP contribution is 2.30. The number of aryl methyl sites for hydroxylation is 1. The average Bonchev–Trinajstić information content (AvgIpc) is 2.53. The fraction of sp³-hybridized carbons (Fsp3) is 0.696. The summed E-state index contributed by atoms with van der Waals surface area (Å²) >= 11 is 0. The lowest BCUT2D eigenvalue weighted by Crippen LogP contribution is -2.42. The van der Waals surface area contributed by atoms with Crippen LogP contribution in [-0.4, -0.2) is 23.8 Å². The Morgan fingerprint density at radius 3 is 2.15 bits per heavy atom. The topological polar surface area (TPSA) is 50.4 Å². The second-order valence-corrected chi connectivity index (χ2v) is 9.81. The molecule has 0 aliphatic heterocycles. The summed E-state index contributed by atoms with van der Waals surface area (Å²) < 4.78 is 5.36. The zero-order valence-electron chi connectivity index (χ0n) is 18.2. The third-order valence-corrected chi connectivity index (χ3v) is 5.11. The molecule has 0 atom stereocenters. The molecule has 1 amide bonds. The molecule has 1 fully saturated rings. The van der Waals surface area contributed by atoms with Crippen LogP contribution in [0, 0.1) is 0 Å². The van der Waals surface area contributed by atoms with E-state index in [0.29, 0.717) is 6.04 Å². The van der Waals surface area contributed by atoms with E-state index in [1.165, 1.54) is 16.8 Å². The molecule has 0 unspecified atom stereocenters. The van der Waals surface area contributed by atoms with Gasteiger partial charge in [-0.3, -0.25) is 0 Å². The van der Waals surface area contributed by atoms with Crippen LogP contribution >= 0.6 is 0 Å². The summed E-state index contributed by atoms with van der Waals surface area (Å²) in [6.07, 6.45) is 4.83. The molecule has 4 nitrogen and oxygen atoms in total. The van der Waals surface area contributed by atoms with Crippen LogP contribution < -0.4 is 10.6 Å². The number of benzene rings is 1. The molecule has 1 aliphatic carbocycles. The number of ether oxygens (including phenoxy) is 1. The van der Waals surface area contributed by atoms with Crippen molar-refractivity contribution >= 4 is 11.8 Å². The summed E-state index contributed by atoms with van der Waals surface area (Å²) in [4.78, 5) is 11.9. The summed E-state index contributed by atoms with van der Waals surface area (Å²) in [5.41, 5.74) is 3.80. The standard InChI is InChI=1S/C23H38N2O2/c1-8-16-15-19(13-14-20(16)22(2,3)4)24-17-9-11-18(12-10-17)25-21(26)27-23(5,6)7/h13-15,17-18,24H,8-12H2,1-7H3,(H,25,26). The number of hydrogen-bond donors (Lipinski definition) is 2. The van der Waals surface area contributed by atoms with Gasteiger partial charge in [-0.2, -0.15) is 0 Å². The third kappa shape index (κ3) is 6.75. The monoisotopic (exact) mass is 374 g/mol. The second-order valence-electron chi connectivity index (χ2n) is 9.81. The molecule has 0 saturated heterocycles. The van der Waals surface area contributed by atoms with E-state index < -0.39 is 5.60 Å². The van der Waals surface area contributed by atoms with Gasteiger partial charge in [-0.25, -0.2) is 4.79 Å². The van der Waals surface area contributed by atoms with Crippen molar-refractivity contribution in [2.45, 2.75) is 104 Å². The zero-order chi connectivity index (χ0) is 20.2. The van der Waals surface area contributed by atoms with Crippen LogP contribution in [0.3, 0.4) is 0 Å². The van der Waals surface area contributed by atoms with E-state index in [0.717, 1.165) is 32.1 Å². The predicted octanol–water partition coefficient (Wildman–Crippen LogP) is 5.79. The third-order valence-electron chi connectivity index (χ3n) is 5.11. The molecule has 4 heteroatoms. The zero-order valence-corrected chi connectivity index (χ0v) is 18.2. The van der Waals surface area contributed by atoms with Crippen LogP contribution in [-0.2, 0) is 16.6 Å². The maximum absolute atomic E-state index is 11.9. The Kier molecular flexibility index (Phi) is 6.82. The number of carbonyl (C=O) groups excluding carboxylic acids is 1. The van der Waals surface area contributed by atoms with Crippen LogP contribution in [0.1, 0.15) is 85.3 Å². The lowest BCUT2D eigenvalue weighted by atomic mass is 9.83. The molecule has 2 rings (SSSR count). The van der Waals surface area contributed by atoms with Crippen molar-refractivity contribution in [1.82, 2.24) is 5.32 Å². The number of carbonyl (C=O) groups is 1. The van der Waals surface area contributed by atoms with Gasteiger partial charge in [-0.1, -0.05) is 33.8 Å². The van der Waals surface area contributed by atoms with Gasteiger partial charge in [-0.05, 0) is 81.5 Å². The summed E-state index contributed by atoms with van der Waals surface area (Å²) in [7, 11) is 0. The summed E-state index contributed by atoms with van der Waals surface area (Å²) in [5, 5.41) is 6.72. The van der Waals surface area contributed by atoms with Crippen molar-refractivity contribution in [3.05, 3.63) is 29.3 Å². The number of nitrogens with one attached hydrogen (secondary N) is 2. The lowest BCUT2D eigenvalue weighted by Gasteiger charge is -2.31. The predicted molar refractivity (Wildman–Crippen MR) is 114 cm³/mol. The van der Waals surface area contributed by atoms with Gasteiger partial charge < -0.3 is 15.4 Å². The molecule has 152 valence electrons. The summed E-state index contributed by atoms with van der Waals surface area (Å²) in [5.74, 6) is 0. The SMILES string of the molecule is CCc1cc(NC2CCC(NC(=O)OC(C)(C)C)CC2)ccc1C(C)(C)C. The Balaban J connectivity index is 1.88. The van der Waals surface area contributed by atoms with Crippen LogP contribution in [0.15, 0.2) is 18.2 Å². The van der Waals surface area contributed by atoms with Crippen LogP contribution in [0.5, 0.6) is 0 Å². The Labute approximate surface area is 165 Å². The Morgan fingerprint density at radius 2 is 1.63 bits per heavy atom. The van der Waals surface area contributed by atoms with Crippen molar-refractivity contribution in [2.24, 2.45) is 0 Å². The van der Waals surface area contributed by atoms with Gasteiger partial charge >= 0.3 is 6.09 Å². The molecule has 1 aliphatic rings. The molecule has 1 aromatic carbocycles. The lowest BCUT2D eigenvalue weighted by molar-refractivity contribution is 0.0492. The largest absolute Gasteiger partial charge is 0.444 e. The fourth-order valence-corrected chi connectivity index (χ4v) is 3.80. The van der Waals surface area contributed by atoms with Crippen LogP contribution in [0.2, 0.25) is 0 Å². The first-order valence-corrected chi connectivity index (χ1v) is 10.4. The minimum Gasteiger partial charge on any atom is -0.444 e. The molecule has 1 aromatic rings. The Bertz CT molecular complexity index is 633. The van der Waals surface area contributed by atoms with E-state index in [-0.39, 0.29) is 17.6 Å². The molecule has 0 heterocycles. The van der Waals surface area contributed by atoms with Crippen molar-refractivity contribution in [1.29, 1.82) is 0 Å². The number of alkyl carbamates (subject to hydrolysis) is 1. The van der Waals surface area contributed by atoms with E-state index in [1.54, 1.807) is 0 Å². The second kappa shape index (κ2) is 8.53. The summed E-state index contributed by atoms with van der Waals surface area (Å²) in [6.45, 7) is 14.7. The van der Waals surface area contributed by atoms with Gasteiger partial charge in [0, 0.05) is 17.8 Å². The van der Waals surface area contributed by atoms with Crippen molar-refractivity contribution in [3.63, 3.8) is 0 Å². The first-order valence-electron chi connectivity index (χ1n) is 10.4. The van der Waals surface area contributed by atoms with Crippen LogP contribution in [0.4, 0.5) is 10.5 Å². The molecule has 2 N–H and O–H groups in total. The van der Waals surface area contributed by atoms with Gasteiger partial charge in [0.05, 0.1) is 0 Å². The molecule has 0 aromatic heterocycles. The minimum atomic E-state index is -0.445. The summed E-state index contributed by atoms with van der Waals surface area (Å²) in [6, 6.07) is 7.48. The quantitative estimate of drug-likeness (QED) is 0.701. The Hall–Kier alpha value is -1.71. The molecule has 1 saturated carbocycles. The Morgan fingerprint density at radius 1 is 1.04 bits per heavy atom.